The highest BCUT2D eigenvalue weighted by Gasteiger charge is 2.28. The van der Waals surface area contributed by atoms with Crippen LogP contribution in [0.15, 0.2) is 24.3 Å². The number of unbranched alkanes of at least 4 members (excludes halogenated alkanes) is 22. The first-order valence-corrected chi connectivity index (χ1v) is 21.5. The molecule has 51 heavy (non-hydrogen) atoms. The van der Waals surface area contributed by atoms with Crippen LogP contribution in [0.5, 0.6) is 0 Å². The highest BCUT2D eigenvalue weighted by molar-refractivity contribution is 5.70. The first-order valence-electron chi connectivity index (χ1n) is 21.5. The number of carbonyl (C=O) groups is 2. The zero-order valence-corrected chi connectivity index (χ0v) is 34.1. The predicted molar refractivity (Wildman–Crippen MR) is 215 cm³/mol. The van der Waals surface area contributed by atoms with E-state index in [1.54, 1.807) is 0 Å². The minimum atomic E-state index is -0.865. The molecule has 0 saturated heterocycles. The molecule has 0 heterocycles. The molecule has 0 spiro atoms. The number of aliphatic hydroxyl groups excluding tert-OH is 2. The van der Waals surface area contributed by atoms with E-state index in [1.807, 2.05) is 14.1 Å². The Kier molecular flexibility index (Phi) is 35.4. The van der Waals surface area contributed by atoms with Crippen molar-refractivity contribution < 1.29 is 33.8 Å². The van der Waals surface area contributed by atoms with Crippen LogP contribution in [0.1, 0.15) is 194 Å². The topological polar surface area (TPSA) is 93.1 Å². The van der Waals surface area contributed by atoms with Gasteiger partial charge in [-0.05, 0) is 64.2 Å². The Morgan fingerprint density at radius 3 is 1.33 bits per heavy atom. The third kappa shape index (κ3) is 36.4. The van der Waals surface area contributed by atoms with E-state index in [2.05, 4.69) is 38.2 Å². The molecule has 0 rings (SSSR count). The maximum absolute atomic E-state index is 12.8. The summed E-state index contributed by atoms with van der Waals surface area (Å²) in [4.78, 5) is 25.3. The summed E-state index contributed by atoms with van der Waals surface area (Å²) in [5.41, 5.74) is 0. The van der Waals surface area contributed by atoms with E-state index in [-0.39, 0.29) is 25.2 Å². The fourth-order valence-electron chi connectivity index (χ4n) is 6.56. The maximum Gasteiger partial charge on any atom is 0.306 e. The van der Waals surface area contributed by atoms with Crippen molar-refractivity contribution in [3.8, 4) is 0 Å². The molecule has 0 bridgehead atoms. The fraction of sp³-hybridized carbons (Fsp3) is 0.864. The van der Waals surface area contributed by atoms with E-state index >= 15 is 0 Å². The van der Waals surface area contributed by atoms with Crippen molar-refractivity contribution in [2.75, 3.05) is 40.4 Å². The number of likely N-dealkylation sites (N-methyl/N-ethyl adjacent to an activating group) is 1. The molecule has 0 radical (unpaired) electrons. The molecule has 0 saturated carbocycles. The largest absolute Gasteiger partial charge is 0.461 e. The standard InChI is InChI=1S/C44H84NO6/c1-5-7-9-11-13-15-17-19-21-23-25-27-29-31-33-35-43(48)50-40-42(38-45(3,4)37-41(47)39-46)51-44(49)36-34-32-30-28-26-24-22-20-18-16-14-12-10-8-6-2/h19-22,41-42,46-47H,5-18,23-40H2,1-4H3/q+1/b21-19+,22-20+. The highest BCUT2D eigenvalue weighted by Crippen LogP contribution is 2.14. The molecule has 0 aliphatic carbocycles. The average molecular weight is 723 g/mol. The third-order valence-corrected chi connectivity index (χ3v) is 9.63. The summed E-state index contributed by atoms with van der Waals surface area (Å²) in [5, 5.41) is 19.3. The SMILES string of the molecule is CCCCCCCC/C=C/CCCCCCCC(=O)OCC(C[N+](C)(C)CC(O)CO)OC(=O)CCCCCCC/C=C/CCCCCCCC. The van der Waals surface area contributed by atoms with Crippen molar-refractivity contribution in [2.45, 2.75) is 206 Å². The lowest BCUT2D eigenvalue weighted by molar-refractivity contribution is -0.896. The minimum absolute atomic E-state index is 0.0128. The van der Waals surface area contributed by atoms with Gasteiger partial charge in [0.05, 0.1) is 20.7 Å². The van der Waals surface area contributed by atoms with Gasteiger partial charge in [-0.15, -0.1) is 0 Å². The molecule has 7 nitrogen and oxygen atoms in total. The van der Waals surface area contributed by atoms with E-state index < -0.39 is 12.2 Å². The summed E-state index contributed by atoms with van der Waals surface area (Å²) in [6.07, 6.45) is 40.0. The van der Waals surface area contributed by atoms with Gasteiger partial charge in [0.15, 0.2) is 6.10 Å². The lowest BCUT2D eigenvalue weighted by atomic mass is 10.1. The van der Waals surface area contributed by atoms with Crippen LogP contribution in [0.2, 0.25) is 0 Å². The van der Waals surface area contributed by atoms with Crippen LogP contribution in [-0.2, 0) is 19.1 Å². The Labute approximate surface area is 315 Å². The van der Waals surface area contributed by atoms with Gasteiger partial charge >= 0.3 is 11.9 Å². The van der Waals surface area contributed by atoms with Crippen LogP contribution in [-0.4, -0.2) is 79.2 Å². The quantitative estimate of drug-likeness (QED) is 0.0285. The second kappa shape index (κ2) is 36.6. The van der Waals surface area contributed by atoms with Crippen LogP contribution in [0.4, 0.5) is 0 Å². The first-order chi connectivity index (χ1) is 24.7. The van der Waals surface area contributed by atoms with Gasteiger partial charge in [-0.2, -0.15) is 0 Å². The molecule has 7 heteroatoms. The lowest BCUT2D eigenvalue weighted by Gasteiger charge is -2.34. The highest BCUT2D eigenvalue weighted by atomic mass is 16.6. The summed E-state index contributed by atoms with van der Waals surface area (Å²) < 4.78 is 11.7. The van der Waals surface area contributed by atoms with Crippen LogP contribution >= 0.6 is 0 Å². The first kappa shape index (κ1) is 49.3. The van der Waals surface area contributed by atoms with Crippen molar-refractivity contribution in [2.24, 2.45) is 0 Å². The molecule has 300 valence electrons. The number of ether oxygens (including phenoxy) is 2. The monoisotopic (exact) mass is 723 g/mol. The second-order valence-corrected chi connectivity index (χ2v) is 15.6. The minimum Gasteiger partial charge on any atom is -0.461 e. The Bertz CT molecular complexity index is 841. The second-order valence-electron chi connectivity index (χ2n) is 15.6. The number of rotatable bonds is 38. The number of hydrogen-bond acceptors (Lipinski definition) is 6. The molecule has 0 aliphatic heterocycles. The van der Waals surface area contributed by atoms with Crippen LogP contribution in [0, 0.1) is 0 Å². The number of quaternary nitrogens is 1. The molecule has 0 aromatic heterocycles. The van der Waals surface area contributed by atoms with E-state index in [0.29, 0.717) is 30.4 Å². The Hall–Kier alpha value is -1.70. The number of carbonyl (C=O) groups excluding carboxylic acids is 2. The summed E-state index contributed by atoms with van der Waals surface area (Å²) in [6.45, 7) is 4.89. The maximum atomic E-state index is 12.8. The summed E-state index contributed by atoms with van der Waals surface area (Å²) in [6, 6.07) is 0. The van der Waals surface area contributed by atoms with Gasteiger partial charge in [0.1, 0.15) is 25.8 Å². The van der Waals surface area contributed by atoms with Crippen molar-refractivity contribution in [3.63, 3.8) is 0 Å². The zero-order chi connectivity index (χ0) is 37.7. The summed E-state index contributed by atoms with van der Waals surface area (Å²) in [7, 11) is 3.83. The van der Waals surface area contributed by atoms with Crippen molar-refractivity contribution in [3.05, 3.63) is 24.3 Å². The molecule has 2 unspecified atom stereocenters. The number of hydrogen-bond donors (Lipinski definition) is 2. The summed E-state index contributed by atoms with van der Waals surface area (Å²) >= 11 is 0. The molecular formula is C44H84NO6+. The van der Waals surface area contributed by atoms with Crippen LogP contribution in [0.25, 0.3) is 0 Å². The van der Waals surface area contributed by atoms with E-state index in [4.69, 9.17) is 9.47 Å². The van der Waals surface area contributed by atoms with Crippen molar-refractivity contribution in [1.82, 2.24) is 0 Å². The molecule has 0 fully saturated rings. The van der Waals surface area contributed by atoms with Gasteiger partial charge in [0.2, 0.25) is 0 Å². The average Bonchev–Trinajstić information content (AvgIpc) is 3.10. The molecule has 0 aromatic carbocycles. The third-order valence-electron chi connectivity index (χ3n) is 9.63. The Morgan fingerprint density at radius 1 is 0.549 bits per heavy atom. The summed E-state index contributed by atoms with van der Waals surface area (Å²) in [5.74, 6) is -0.528. The Balaban J connectivity index is 4.24. The van der Waals surface area contributed by atoms with Gasteiger partial charge in [0, 0.05) is 12.8 Å². The molecule has 0 aromatic rings. The number of allylic oxidation sites excluding steroid dienone is 4. The lowest BCUT2D eigenvalue weighted by Crippen LogP contribution is -2.52. The number of esters is 2. The molecule has 0 aliphatic rings. The fourth-order valence-corrected chi connectivity index (χ4v) is 6.56. The van der Waals surface area contributed by atoms with E-state index in [9.17, 15) is 19.8 Å². The predicted octanol–water partition coefficient (Wildman–Crippen LogP) is 10.9. The number of aliphatic hydroxyl groups is 2. The smallest absolute Gasteiger partial charge is 0.306 e. The van der Waals surface area contributed by atoms with E-state index in [1.165, 1.54) is 116 Å². The molecular weight excluding hydrogens is 638 g/mol. The number of nitrogens with zero attached hydrogens (tertiary/aromatic N) is 1. The van der Waals surface area contributed by atoms with Crippen molar-refractivity contribution in [1.29, 1.82) is 0 Å². The molecule has 0 amide bonds. The van der Waals surface area contributed by atoms with Crippen LogP contribution in [0.3, 0.4) is 0 Å². The van der Waals surface area contributed by atoms with Gasteiger partial charge in [0.25, 0.3) is 0 Å². The zero-order valence-electron chi connectivity index (χ0n) is 34.1. The molecule has 2 atom stereocenters. The van der Waals surface area contributed by atoms with Gasteiger partial charge in [-0.1, -0.05) is 141 Å². The van der Waals surface area contributed by atoms with Crippen molar-refractivity contribution >= 4 is 11.9 Å². The van der Waals surface area contributed by atoms with Gasteiger partial charge < -0.3 is 24.2 Å². The van der Waals surface area contributed by atoms with Gasteiger partial charge in [-0.3, -0.25) is 9.59 Å². The molecule has 2 N–H and O–H groups in total. The van der Waals surface area contributed by atoms with Gasteiger partial charge in [-0.25, -0.2) is 0 Å². The normalized spacial score (nSPS) is 13.3. The Morgan fingerprint density at radius 2 is 0.922 bits per heavy atom. The van der Waals surface area contributed by atoms with E-state index in [0.717, 1.165) is 51.4 Å². The van der Waals surface area contributed by atoms with Crippen LogP contribution < -0.4 is 0 Å².